The van der Waals surface area contributed by atoms with E-state index in [-0.39, 0.29) is 6.03 Å². The molecule has 28 heavy (non-hydrogen) atoms. The Kier molecular flexibility index (Phi) is 5.70. The van der Waals surface area contributed by atoms with Crippen molar-refractivity contribution < 1.29 is 4.79 Å². The second kappa shape index (κ2) is 8.55. The van der Waals surface area contributed by atoms with E-state index in [0.29, 0.717) is 0 Å². The average Bonchev–Trinajstić information content (AvgIpc) is 3.29. The van der Waals surface area contributed by atoms with E-state index in [1.54, 1.807) is 0 Å². The Hall–Kier alpha value is -2.69. The first-order chi connectivity index (χ1) is 13.7. The largest absolute Gasteiger partial charge is 0.372 e. The normalized spacial score (nSPS) is 17.1. The molecule has 148 valence electrons. The Labute approximate surface area is 167 Å². The summed E-state index contributed by atoms with van der Waals surface area (Å²) < 4.78 is 0. The average molecular weight is 379 g/mol. The third-order valence-electron chi connectivity index (χ3n) is 5.89. The predicted molar refractivity (Wildman–Crippen MR) is 117 cm³/mol. The minimum atomic E-state index is 0.00457. The number of aryl methyl sites for hydroxylation is 1. The van der Waals surface area contributed by atoms with E-state index in [2.05, 4.69) is 52.4 Å². The summed E-state index contributed by atoms with van der Waals surface area (Å²) >= 11 is 0. The van der Waals surface area contributed by atoms with Gasteiger partial charge in [-0.05, 0) is 55.2 Å². The van der Waals surface area contributed by atoms with E-state index in [1.165, 1.54) is 42.9 Å². The van der Waals surface area contributed by atoms with Gasteiger partial charge in [0.05, 0.1) is 0 Å². The maximum Gasteiger partial charge on any atom is 0.321 e. The van der Waals surface area contributed by atoms with Gasteiger partial charge in [0.25, 0.3) is 0 Å². The third-order valence-corrected chi connectivity index (χ3v) is 5.89. The Morgan fingerprint density at radius 3 is 2.00 bits per heavy atom. The number of carbonyl (C=O) groups is 1. The van der Waals surface area contributed by atoms with Crippen LogP contribution in [-0.4, -0.2) is 50.2 Å². The summed E-state index contributed by atoms with van der Waals surface area (Å²) in [6.07, 6.45) is 3.51. The number of nitrogens with zero attached hydrogens (tertiary/aromatic N) is 3. The molecular formula is C23H30N4O. The van der Waals surface area contributed by atoms with Crippen LogP contribution < -0.4 is 15.1 Å². The molecule has 2 aliphatic heterocycles. The molecule has 0 saturated carbocycles. The molecule has 0 atom stereocenters. The highest BCUT2D eigenvalue weighted by atomic mass is 16.2. The van der Waals surface area contributed by atoms with Crippen LogP contribution in [0.4, 0.5) is 21.9 Å². The van der Waals surface area contributed by atoms with Gasteiger partial charge in [0.2, 0.25) is 0 Å². The molecule has 5 nitrogen and oxygen atoms in total. The van der Waals surface area contributed by atoms with Gasteiger partial charge in [-0.15, -0.1) is 0 Å². The van der Waals surface area contributed by atoms with Crippen LogP contribution in [0.25, 0.3) is 0 Å². The summed E-state index contributed by atoms with van der Waals surface area (Å²) in [5, 5.41) is 3.09. The first kappa shape index (κ1) is 18.7. The first-order valence-corrected chi connectivity index (χ1v) is 10.5. The summed E-state index contributed by atoms with van der Waals surface area (Å²) in [5.41, 5.74) is 4.68. The van der Waals surface area contributed by atoms with E-state index in [1.807, 2.05) is 23.1 Å². The van der Waals surface area contributed by atoms with E-state index >= 15 is 0 Å². The van der Waals surface area contributed by atoms with Crippen molar-refractivity contribution in [3.63, 3.8) is 0 Å². The van der Waals surface area contributed by atoms with Crippen molar-refractivity contribution in [2.75, 3.05) is 54.4 Å². The third kappa shape index (κ3) is 4.08. The standard InChI is InChI=1S/C23H30N4O/c1-2-19-7-3-4-8-22(19)24-23(28)27-17-15-26(16-18-27)21-11-9-20(10-12-21)25-13-5-6-14-25/h3-4,7-12H,2,5-6,13-18H2,1H3,(H,24,28). The molecule has 2 fully saturated rings. The molecule has 2 saturated heterocycles. The second-order valence-electron chi connectivity index (χ2n) is 7.63. The maximum absolute atomic E-state index is 12.7. The number of para-hydroxylation sites is 1. The zero-order chi connectivity index (χ0) is 19.3. The molecule has 0 aromatic heterocycles. The molecule has 0 unspecified atom stereocenters. The first-order valence-electron chi connectivity index (χ1n) is 10.5. The predicted octanol–water partition coefficient (Wildman–Crippen LogP) is 4.20. The van der Waals surface area contributed by atoms with Gasteiger partial charge >= 0.3 is 6.03 Å². The smallest absolute Gasteiger partial charge is 0.321 e. The molecule has 2 heterocycles. The number of hydrogen-bond acceptors (Lipinski definition) is 3. The second-order valence-corrected chi connectivity index (χ2v) is 7.63. The highest BCUT2D eigenvalue weighted by Crippen LogP contribution is 2.25. The fourth-order valence-corrected chi connectivity index (χ4v) is 4.16. The van der Waals surface area contributed by atoms with Crippen LogP contribution in [0, 0.1) is 0 Å². The van der Waals surface area contributed by atoms with Crippen LogP contribution in [0.1, 0.15) is 25.3 Å². The molecule has 0 aliphatic carbocycles. The number of carbonyl (C=O) groups excluding carboxylic acids is 1. The molecule has 2 aliphatic rings. The van der Waals surface area contributed by atoms with Crippen molar-refractivity contribution in [2.24, 2.45) is 0 Å². The number of nitrogens with one attached hydrogen (secondary N) is 1. The minimum absolute atomic E-state index is 0.00457. The Balaban J connectivity index is 1.32. The van der Waals surface area contributed by atoms with Gasteiger partial charge in [-0.3, -0.25) is 0 Å². The van der Waals surface area contributed by atoms with Gasteiger partial charge in [-0.2, -0.15) is 0 Å². The van der Waals surface area contributed by atoms with Crippen molar-refractivity contribution in [3.05, 3.63) is 54.1 Å². The van der Waals surface area contributed by atoms with Crippen molar-refractivity contribution >= 4 is 23.1 Å². The lowest BCUT2D eigenvalue weighted by molar-refractivity contribution is 0.208. The Morgan fingerprint density at radius 1 is 0.821 bits per heavy atom. The van der Waals surface area contributed by atoms with Crippen molar-refractivity contribution in [1.82, 2.24) is 4.90 Å². The van der Waals surface area contributed by atoms with Gasteiger partial charge in [0.1, 0.15) is 0 Å². The molecule has 1 N–H and O–H groups in total. The quantitative estimate of drug-likeness (QED) is 0.866. The van der Waals surface area contributed by atoms with Crippen molar-refractivity contribution in [1.29, 1.82) is 0 Å². The highest BCUT2D eigenvalue weighted by molar-refractivity contribution is 5.90. The molecule has 2 amide bonds. The van der Waals surface area contributed by atoms with Crippen LogP contribution >= 0.6 is 0 Å². The van der Waals surface area contributed by atoms with Gasteiger partial charge < -0.3 is 20.0 Å². The molecule has 4 rings (SSSR count). The van der Waals surface area contributed by atoms with Crippen LogP contribution in [0.5, 0.6) is 0 Å². The number of anilines is 3. The number of benzene rings is 2. The number of piperazine rings is 1. The maximum atomic E-state index is 12.7. The van der Waals surface area contributed by atoms with E-state index in [4.69, 9.17) is 0 Å². The van der Waals surface area contributed by atoms with Gasteiger partial charge in [-0.25, -0.2) is 4.79 Å². The van der Waals surface area contributed by atoms with Crippen LogP contribution in [0.15, 0.2) is 48.5 Å². The van der Waals surface area contributed by atoms with E-state index in [0.717, 1.165) is 38.3 Å². The van der Waals surface area contributed by atoms with E-state index < -0.39 is 0 Å². The molecule has 2 aromatic rings. The molecule has 0 bridgehead atoms. The fraction of sp³-hybridized carbons (Fsp3) is 0.435. The Morgan fingerprint density at radius 2 is 1.39 bits per heavy atom. The molecule has 2 aromatic carbocycles. The molecule has 5 heteroatoms. The summed E-state index contributed by atoms with van der Waals surface area (Å²) in [7, 11) is 0. The lowest BCUT2D eigenvalue weighted by Gasteiger charge is -2.36. The summed E-state index contributed by atoms with van der Waals surface area (Å²) in [6.45, 7) is 7.68. The van der Waals surface area contributed by atoms with Crippen molar-refractivity contribution in [2.45, 2.75) is 26.2 Å². The molecule has 0 spiro atoms. The molecule has 0 radical (unpaired) electrons. The molecular weight excluding hydrogens is 348 g/mol. The number of rotatable bonds is 4. The summed E-state index contributed by atoms with van der Waals surface area (Å²) in [5.74, 6) is 0. The van der Waals surface area contributed by atoms with Crippen LogP contribution in [0.2, 0.25) is 0 Å². The Bertz CT molecular complexity index is 791. The SMILES string of the molecule is CCc1ccccc1NC(=O)N1CCN(c2ccc(N3CCCC3)cc2)CC1. The monoisotopic (exact) mass is 378 g/mol. The highest BCUT2D eigenvalue weighted by Gasteiger charge is 2.22. The van der Waals surface area contributed by atoms with Crippen LogP contribution in [0.3, 0.4) is 0 Å². The topological polar surface area (TPSA) is 38.8 Å². The summed E-state index contributed by atoms with van der Waals surface area (Å²) in [4.78, 5) is 19.4. The number of urea groups is 1. The van der Waals surface area contributed by atoms with Gasteiger partial charge in [0, 0.05) is 56.3 Å². The van der Waals surface area contributed by atoms with Crippen molar-refractivity contribution in [3.8, 4) is 0 Å². The lowest BCUT2D eigenvalue weighted by Crippen LogP contribution is -2.50. The summed E-state index contributed by atoms with van der Waals surface area (Å²) in [6, 6.07) is 17.0. The minimum Gasteiger partial charge on any atom is -0.372 e. The fourth-order valence-electron chi connectivity index (χ4n) is 4.16. The lowest BCUT2D eigenvalue weighted by atomic mass is 10.1. The van der Waals surface area contributed by atoms with Gasteiger partial charge in [0.15, 0.2) is 0 Å². The zero-order valence-corrected chi connectivity index (χ0v) is 16.7. The van der Waals surface area contributed by atoms with Crippen LogP contribution in [-0.2, 0) is 6.42 Å². The zero-order valence-electron chi connectivity index (χ0n) is 16.7. The number of amides is 2. The van der Waals surface area contributed by atoms with E-state index in [9.17, 15) is 4.79 Å². The van der Waals surface area contributed by atoms with Gasteiger partial charge in [-0.1, -0.05) is 25.1 Å². The number of hydrogen-bond donors (Lipinski definition) is 1.